The molecular weight excluding hydrogens is 312 g/mol. The summed E-state index contributed by atoms with van der Waals surface area (Å²) in [6.45, 7) is -2.20. The summed E-state index contributed by atoms with van der Waals surface area (Å²) in [4.78, 5) is 13.2. The fourth-order valence-electron chi connectivity index (χ4n) is 2.39. The molecule has 3 N–H and O–H groups in total. The number of hydrogen-bond acceptors (Lipinski definition) is 3. The Morgan fingerprint density at radius 2 is 2.05 bits per heavy atom. The first kappa shape index (κ1) is 16.4. The smallest absolute Gasteiger partial charge is 0.387 e. The number of alkyl halides is 2. The van der Waals surface area contributed by atoms with E-state index in [0.717, 1.165) is 12.8 Å². The summed E-state index contributed by atoms with van der Waals surface area (Å²) in [7, 11) is 0. The van der Waals surface area contributed by atoms with Gasteiger partial charge in [0.25, 0.3) is 0 Å². The van der Waals surface area contributed by atoms with E-state index in [1.807, 2.05) is 0 Å². The van der Waals surface area contributed by atoms with E-state index in [1.54, 1.807) is 17.0 Å². The molecule has 0 aliphatic carbocycles. The maximum atomic E-state index is 12.1. The number of thiocarbonyl (C=S) groups is 1. The van der Waals surface area contributed by atoms with Crippen molar-refractivity contribution in [1.82, 2.24) is 4.90 Å². The van der Waals surface area contributed by atoms with Gasteiger partial charge in [0.1, 0.15) is 11.8 Å². The zero-order valence-corrected chi connectivity index (χ0v) is 12.6. The summed E-state index contributed by atoms with van der Waals surface area (Å²) in [6, 6.07) is 5.58. The zero-order chi connectivity index (χ0) is 16.1. The first-order chi connectivity index (χ1) is 10.5. The minimum absolute atomic E-state index is 0.0689. The average molecular weight is 329 g/mol. The van der Waals surface area contributed by atoms with Crippen LogP contribution in [0.25, 0.3) is 0 Å². The van der Waals surface area contributed by atoms with Crippen molar-refractivity contribution in [2.24, 2.45) is 5.73 Å². The Bertz CT molecular complexity index is 539. The van der Waals surface area contributed by atoms with E-state index in [2.05, 4.69) is 10.1 Å². The number of nitrogens with one attached hydrogen (secondary N) is 1. The molecule has 1 aliphatic rings. The number of likely N-dealkylation sites (tertiary alicyclic amines) is 1. The first-order valence-corrected chi connectivity index (χ1v) is 7.30. The van der Waals surface area contributed by atoms with Crippen molar-refractivity contribution in [2.75, 3.05) is 11.9 Å². The third-order valence-corrected chi connectivity index (χ3v) is 3.76. The first-order valence-electron chi connectivity index (χ1n) is 6.89. The molecule has 22 heavy (non-hydrogen) atoms. The molecule has 0 saturated carbocycles. The van der Waals surface area contributed by atoms with Crippen molar-refractivity contribution in [1.29, 1.82) is 0 Å². The molecule has 1 aliphatic heterocycles. The predicted octanol–water partition coefficient (Wildman–Crippen LogP) is 2.32. The van der Waals surface area contributed by atoms with Crippen molar-refractivity contribution in [3.63, 3.8) is 0 Å². The van der Waals surface area contributed by atoms with Crippen LogP contribution in [0.5, 0.6) is 5.75 Å². The van der Waals surface area contributed by atoms with Crippen LogP contribution in [-0.4, -0.2) is 35.1 Å². The second kappa shape index (κ2) is 7.35. The Labute approximate surface area is 132 Å². The number of hydrogen-bond donors (Lipinski definition) is 2. The molecule has 0 spiro atoms. The molecule has 1 fully saturated rings. The van der Waals surface area contributed by atoms with Crippen molar-refractivity contribution < 1.29 is 18.3 Å². The predicted molar refractivity (Wildman–Crippen MR) is 82.8 cm³/mol. The maximum Gasteiger partial charge on any atom is 0.387 e. The van der Waals surface area contributed by atoms with Crippen LogP contribution in [0.15, 0.2) is 24.3 Å². The molecule has 1 aromatic carbocycles. The summed E-state index contributed by atoms with van der Waals surface area (Å²) in [5, 5.41) is 3.38. The van der Waals surface area contributed by atoms with Gasteiger partial charge in [-0.05, 0) is 55.7 Å². The quantitative estimate of drug-likeness (QED) is 0.830. The van der Waals surface area contributed by atoms with E-state index < -0.39 is 18.6 Å². The molecule has 8 heteroatoms. The number of nitrogens with two attached hydrogens (primary N) is 1. The largest absolute Gasteiger partial charge is 0.435 e. The number of halogens is 2. The third kappa shape index (κ3) is 4.27. The lowest BCUT2D eigenvalue weighted by Gasteiger charge is -2.35. The van der Waals surface area contributed by atoms with Gasteiger partial charge >= 0.3 is 6.61 Å². The Morgan fingerprint density at radius 3 is 2.64 bits per heavy atom. The summed E-state index contributed by atoms with van der Waals surface area (Å²) in [6.07, 6.45) is 2.55. The van der Waals surface area contributed by atoms with Gasteiger partial charge in [0, 0.05) is 12.2 Å². The van der Waals surface area contributed by atoms with Crippen LogP contribution in [0.4, 0.5) is 14.5 Å². The van der Waals surface area contributed by atoms with Gasteiger partial charge in [-0.3, -0.25) is 4.79 Å². The Hall–Kier alpha value is -1.96. The van der Waals surface area contributed by atoms with E-state index in [-0.39, 0.29) is 5.75 Å². The van der Waals surface area contributed by atoms with Crippen LogP contribution in [0, 0.1) is 0 Å². The highest BCUT2D eigenvalue weighted by Crippen LogP contribution is 2.21. The lowest BCUT2D eigenvalue weighted by molar-refractivity contribution is -0.122. The van der Waals surface area contributed by atoms with E-state index in [9.17, 15) is 13.6 Å². The normalized spacial score (nSPS) is 18.1. The molecule has 0 radical (unpaired) electrons. The number of amides is 1. The van der Waals surface area contributed by atoms with Gasteiger partial charge in [-0.1, -0.05) is 0 Å². The summed E-state index contributed by atoms with van der Waals surface area (Å²) in [5.41, 5.74) is 6.02. The molecule has 0 aromatic heterocycles. The van der Waals surface area contributed by atoms with E-state index in [1.165, 1.54) is 12.1 Å². The highest BCUT2D eigenvalue weighted by Gasteiger charge is 2.28. The van der Waals surface area contributed by atoms with E-state index in [0.29, 0.717) is 23.8 Å². The molecule has 0 unspecified atom stereocenters. The number of ether oxygens (including phenoxy) is 1. The Morgan fingerprint density at radius 1 is 1.36 bits per heavy atom. The number of carbonyl (C=O) groups excluding carboxylic acids is 1. The maximum absolute atomic E-state index is 12.1. The van der Waals surface area contributed by atoms with Gasteiger partial charge in [0.05, 0.1) is 0 Å². The van der Waals surface area contributed by atoms with Crippen LogP contribution in [0.3, 0.4) is 0 Å². The number of carbonyl (C=O) groups is 1. The van der Waals surface area contributed by atoms with Gasteiger partial charge in [0.15, 0.2) is 5.11 Å². The average Bonchev–Trinajstić information content (AvgIpc) is 2.48. The van der Waals surface area contributed by atoms with Gasteiger partial charge < -0.3 is 20.7 Å². The molecular formula is C14H17F2N3O2S. The fraction of sp³-hybridized carbons (Fsp3) is 0.429. The zero-order valence-electron chi connectivity index (χ0n) is 11.8. The topological polar surface area (TPSA) is 67.6 Å². The second-order valence-electron chi connectivity index (χ2n) is 4.94. The number of piperidine rings is 1. The molecule has 1 heterocycles. The lowest BCUT2D eigenvalue weighted by atomic mass is 10.0. The van der Waals surface area contributed by atoms with Crippen LogP contribution < -0.4 is 15.8 Å². The van der Waals surface area contributed by atoms with Gasteiger partial charge in [-0.25, -0.2) is 0 Å². The summed E-state index contributed by atoms with van der Waals surface area (Å²) >= 11 is 5.31. The third-order valence-electron chi connectivity index (χ3n) is 3.42. The van der Waals surface area contributed by atoms with Crippen molar-refractivity contribution in [3.8, 4) is 5.75 Å². The number of nitrogens with zero attached hydrogens (tertiary/aromatic N) is 1. The molecule has 0 bridgehead atoms. The molecule has 1 atom stereocenters. The van der Waals surface area contributed by atoms with Gasteiger partial charge in [0.2, 0.25) is 5.91 Å². The summed E-state index contributed by atoms with van der Waals surface area (Å²) < 4.78 is 28.4. The van der Waals surface area contributed by atoms with E-state index >= 15 is 0 Å². The minimum Gasteiger partial charge on any atom is -0.435 e. The minimum atomic E-state index is -2.86. The Kier molecular flexibility index (Phi) is 5.48. The SMILES string of the molecule is NC(=O)[C@H]1CCCCN1C(=S)Nc1ccc(OC(F)F)cc1. The molecule has 5 nitrogen and oxygen atoms in total. The highest BCUT2D eigenvalue weighted by molar-refractivity contribution is 7.80. The van der Waals surface area contributed by atoms with Crippen molar-refractivity contribution >= 4 is 28.9 Å². The van der Waals surface area contributed by atoms with Crippen LogP contribution in [0.2, 0.25) is 0 Å². The molecule has 1 amide bonds. The number of anilines is 1. The van der Waals surface area contributed by atoms with E-state index in [4.69, 9.17) is 18.0 Å². The van der Waals surface area contributed by atoms with Crippen LogP contribution in [0.1, 0.15) is 19.3 Å². The Balaban J connectivity index is 1.99. The van der Waals surface area contributed by atoms with Crippen LogP contribution in [-0.2, 0) is 4.79 Å². The molecule has 1 aromatic rings. The fourth-order valence-corrected chi connectivity index (χ4v) is 2.72. The van der Waals surface area contributed by atoms with Crippen molar-refractivity contribution in [2.45, 2.75) is 31.9 Å². The van der Waals surface area contributed by atoms with Gasteiger partial charge in [-0.15, -0.1) is 0 Å². The lowest BCUT2D eigenvalue weighted by Crippen LogP contribution is -2.51. The highest BCUT2D eigenvalue weighted by atomic mass is 32.1. The standard InChI is InChI=1S/C14H17F2N3O2S/c15-13(16)21-10-6-4-9(5-7-10)18-14(22)19-8-2-1-3-11(19)12(17)20/h4-7,11,13H,1-3,8H2,(H2,17,20)(H,18,22)/t11-/m1/s1. The number of primary amides is 1. The van der Waals surface area contributed by atoms with Gasteiger partial charge in [-0.2, -0.15) is 8.78 Å². The van der Waals surface area contributed by atoms with Crippen molar-refractivity contribution in [3.05, 3.63) is 24.3 Å². The molecule has 120 valence electrons. The molecule has 2 rings (SSSR count). The van der Waals surface area contributed by atoms with Crippen LogP contribution >= 0.6 is 12.2 Å². The number of rotatable bonds is 4. The number of benzene rings is 1. The molecule has 1 saturated heterocycles. The second-order valence-corrected chi connectivity index (χ2v) is 5.33. The monoisotopic (exact) mass is 329 g/mol. The summed E-state index contributed by atoms with van der Waals surface area (Å²) in [5.74, 6) is -0.330.